The van der Waals surface area contributed by atoms with Crippen molar-refractivity contribution in [2.75, 3.05) is 19.5 Å². The number of hydrogen-bond acceptors (Lipinski definition) is 7. The lowest BCUT2D eigenvalue weighted by Gasteiger charge is -2.17. The van der Waals surface area contributed by atoms with Gasteiger partial charge in [-0.05, 0) is 48.9 Å². The molecule has 8 nitrogen and oxygen atoms in total. The van der Waals surface area contributed by atoms with Gasteiger partial charge in [0.15, 0.2) is 0 Å². The van der Waals surface area contributed by atoms with Crippen molar-refractivity contribution >= 4 is 34.2 Å². The van der Waals surface area contributed by atoms with Crippen LogP contribution in [0.3, 0.4) is 0 Å². The third-order valence-electron chi connectivity index (χ3n) is 5.22. The summed E-state index contributed by atoms with van der Waals surface area (Å²) in [7, 11) is 4.42. The van der Waals surface area contributed by atoms with E-state index in [0.29, 0.717) is 5.69 Å². The highest BCUT2D eigenvalue weighted by molar-refractivity contribution is 6.08. The second kappa shape index (κ2) is 8.50. The van der Waals surface area contributed by atoms with Crippen LogP contribution < -0.4 is 5.32 Å². The van der Waals surface area contributed by atoms with Crippen molar-refractivity contribution in [3.05, 3.63) is 71.7 Å². The third kappa shape index (κ3) is 3.78. The Hall–Kier alpha value is -4.20. The molecule has 4 rings (SSSR count). The molecule has 2 aromatic carbocycles. The molecule has 2 heterocycles. The van der Waals surface area contributed by atoms with Crippen LogP contribution in [0.2, 0.25) is 0 Å². The third-order valence-corrected chi connectivity index (χ3v) is 5.22. The molecular weight excluding hydrogens is 408 g/mol. The summed E-state index contributed by atoms with van der Waals surface area (Å²) >= 11 is 0. The van der Waals surface area contributed by atoms with E-state index in [1.54, 1.807) is 29.2 Å². The summed E-state index contributed by atoms with van der Waals surface area (Å²) in [6, 6.07) is 12.8. The van der Waals surface area contributed by atoms with Crippen LogP contribution in [0.15, 0.2) is 54.9 Å². The SMILES string of the molecule is COC(=O)c1cccc(Nc2cc3cnn(C)c3cc2-c2ccnc(C)c2)c1C(=O)OC. The molecule has 0 aliphatic heterocycles. The van der Waals surface area contributed by atoms with Gasteiger partial charge >= 0.3 is 11.9 Å². The monoisotopic (exact) mass is 430 g/mol. The Labute approximate surface area is 184 Å². The molecule has 0 aliphatic rings. The van der Waals surface area contributed by atoms with Gasteiger partial charge in [-0.2, -0.15) is 5.10 Å². The van der Waals surface area contributed by atoms with Gasteiger partial charge in [0.2, 0.25) is 0 Å². The molecule has 0 spiro atoms. The molecular formula is C24H22N4O4. The Balaban J connectivity index is 1.92. The second-order valence-electron chi connectivity index (χ2n) is 7.25. The van der Waals surface area contributed by atoms with E-state index in [-0.39, 0.29) is 11.1 Å². The topological polar surface area (TPSA) is 95.3 Å². The van der Waals surface area contributed by atoms with Crippen LogP contribution in [0.25, 0.3) is 22.0 Å². The van der Waals surface area contributed by atoms with Gasteiger partial charge < -0.3 is 14.8 Å². The van der Waals surface area contributed by atoms with Crippen molar-refractivity contribution in [2.45, 2.75) is 6.92 Å². The molecule has 32 heavy (non-hydrogen) atoms. The van der Waals surface area contributed by atoms with E-state index in [2.05, 4.69) is 15.4 Å². The number of hydrogen-bond donors (Lipinski definition) is 1. The fraction of sp³-hybridized carbons (Fsp3) is 0.167. The van der Waals surface area contributed by atoms with Crippen molar-refractivity contribution in [3.8, 4) is 11.1 Å². The number of methoxy groups -OCH3 is 2. The van der Waals surface area contributed by atoms with Crippen LogP contribution in [-0.2, 0) is 16.5 Å². The van der Waals surface area contributed by atoms with Crippen LogP contribution in [0, 0.1) is 6.92 Å². The van der Waals surface area contributed by atoms with Crippen LogP contribution >= 0.6 is 0 Å². The fourth-order valence-corrected chi connectivity index (χ4v) is 3.66. The summed E-state index contributed by atoms with van der Waals surface area (Å²) in [5, 5.41) is 8.60. The highest BCUT2D eigenvalue weighted by Gasteiger charge is 2.23. The predicted octanol–water partition coefficient (Wildman–Crippen LogP) is 4.26. The number of carbonyl (C=O) groups excluding carboxylic acids is 2. The molecule has 0 atom stereocenters. The van der Waals surface area contributed by atoms with Crippen molar-refractivity contribution < 1.29 is 19.1 Å². The Morgan fingerprint density at radius 3 is 2.50 bits per heavy atom. The quantitative estimate of drug-likeness (QED) is 0.473. The zero-order valence-corrected chi connectivity index (χ0v) is 18.2. The van der Waals surface area contributed by atoms with Gasteiger partial charge in [-0.3, -0.25) is 9.67 Å². The maximum Gasteiger partial charge on any atom is 0.340 e. The molecule has 0 aliphatic carbocycles. The van der Waals surface area contributed by atoms with Gasteiger partial charge in [0.25, 0.3) is 0 Å². The number of aryl methyl sites for hydroxylation is 2. The normalized spacial score (nSPS) is 10.8. The highest BCUT2D eigenvalue weighted by Crippen LogP contribution is 2.36. The van der Waals surface area contributed by atoms with Crippen LogP contribution in [-0.4, -0.2) is 40.9 Å². The first-order valence-electron chi connectivity index (χ1n) is 9.88. The van der Waals surface area contributed by atoms with E-state index < -0.39 is 11.9 Å². The summed E-state index contributed by atoms with van der Waals surface area (Å²) in [4.78, 5) is 29.2. The number of rotatable bonds is 5. The molecule has 0 unspecified atom stereocenters. The van der Waals surface area contributed by atoms with E-state index in [4.69, 9.17) is 9.47 Å². The largest absolute Gasteiger partial charge is 0.465 e. The first kappa shape index (κ1) is 21.0. The van der Waals surface area contributed by atoms with Gasteiger partial charge in [0.05, 0.1) is 42.7 Å². The van der Waals surface area contributed by atoms with Crippen molar-refractivity contribution in [1.82, 2.24) is 14.8 Å². The van der Waals surface area contributed by atoms with E-state index in [1.165, 1.54) is 20.3 Å². The minimum Gasteiger partial charge on any atom is -0.465 e. The molecule has 0 fully saturated rings. The zero-order chi connectivity index (χ0) is 22.8. The average molecular weight is 430 g/mol. The van der Waals surface area contributed by atoms with Gasteiger partial charge in [0, 0.05) is 35.6 Å². The lowest BCUT2D eigenvalue weighted by Crippen LogP contribution is -2.14. The summed E-state index contributed by atoms with van der Waals surface area (Å²) in [6.45, 7) is 1.92. The van der Waals surface area contributed by atoms with Crippen molar-refractivity contribution in [3.63, 3.8) is 0 Å². The minimum absolute atomic E-state index is 0.102. The van der Waals surface area contributed by atoms with Gasteiger partial charge in [-0.1, -0.05) is 6.07 Å². The van der Waals surface area contributed by atoms with Crippen LogP contribution in [0.5, 0.6) is 0 Å². The number of nitrogens with zero attached hydrogens (tertiary/aromatic N) is 3. The van der Waals surface area contributed by atoms with E-state index in [0.717, 1.165) is 33.4 Å². The molecule has 0 amide bonds. The molecule has 1 N–H and O–H groups in total. The fourth-order valence-electron chi connectivity index (χ4n) is 3.66. The van der Waals surface area contributed by atoms with E-state index >= 15 is 0 Å². The Morgan fingerprint density at radius 2 is 1.78 bits per heavy atom. The van der Waals surface area contributed by atoms with Gasteiger partial charge in [-0.25, -0.2) is 9.59 Å². The number of carbonyl (C=O) groups is 2. The summed E-state index contributed by atoms with van der Waals surface area (Å²) in [5.41, 5.74) is 5.06. The highest BCUT2D eigenvalue weighted by atomic mass is 16.5. The Kier molecular flexibility index (Phi) is 5.59. The van der Waals surface area contributed by atoms with E-state index in [1.807, 2.05) is 38.2 Å². The molecule has 162 valence electrons. The Morgan fingerprint density at radius 1 is 1.00 bits per heavy atom. The van der Waals surface area contributed by atoms with Crippen molar-refractivity contribution in [2.24, 2.45) is 7.05 Å². The standard InChI is InChI=1S/C24H22N4O4/c1-14-10-15(8-9-25-14)18-12-21-16(13-26-28(21)2)11-20(18)27-19-7-5-6-17(23(29)31-3)22(19)24(30)32-4/h5-13,27H,1-4H3. The van der Waals surface area contributed by atoms with Crippen LogP contribution in [0.4, 0.5) is 11.4 Å². The predicted molar refractivity (Wildman–Crippen MR) is 121 cm³/mol. The number of anilines is 2. The number of aromatic nitrogens is 3. The first-order chi connectivity index (χ1) is 15.4. The number of ether oxygens (including phenoxy) is 2. The lowest BCUT2D eigenvalue weighted by atomic mass is 10.0. The first-order valence-corrected chi connectivity index (χ1v) is 9.88. The molecule has 2 aromatic heterocycles. The molecule has 0 radical (unpaired) electrons. The summed E-state index contributed by atoms with van der Waals surface area (Å²) in [6.07, 6.45) is 3.52. The lowest BCUT2D eigenvalue weighted by molar-refractivity contribution is 0.0556. The number of fused-ring (bicyclic) bond motifs is 1. The number of nitrogens with one attached hydrogen (secondary N) is 1. The van der Waals surface area contributed by atoms with Gasteiger partial charge in [-0.15, -0.1) is 0 Å². The number of esters is 2. The summed E-state index contributed by atoms with van der Waals surface area (Å²) in [5.74, 6) is -1.26. The second-order valence-corrected chi connectivity index (χ2v) is 7.25. The smallest absolute Gasteiger partial charge is 0.340 e. The maximum absolute atomic E-state index is 12.6. The zero-order valence-electron chi connectivity index (χ0n) is 18.2. The average Bonchev–Trinajstić information content (AvgIpc) is 3.16. The minimum atomic E-state index is -0.641. The molecule has 4 aromatic rings. The van der Waals surface area contributed by atoms with E-state index in [9.17, 15) is 9.59 Å². The summed E-state index contributed by atoms with van der Waals surface area (Å²) < 4.78 is 11.6. The number of pyridine rings is 1. The molecule has 0 bridgehead atoms. The molecule has 0 saturated carbocycles. The van der Waals surface area contributed by atoms with Crippen LogP contribution in [0.1, 0.15) is 26.4 Å². The van der Waals surface area contributed by atoms with Crippen molar-refractivity contribution in [1.29, 1.82) is 0 Å². The molecule has 8 heteroatoms. The van der Waals surface area contributed by atoms with Gasteiger partial charge in [0.1, 0.15) is 0 Å². The number of benzene rings is 2. The Bertz CT molecular complexity index is 1340. The maximum atomic E-state index is 12.6. The molecule has 0 saturated heterocycles.